The maximum atomic E-state index is 10.3. The number of nitrogens with zero attached hydrogens (tertiary/aromatic N) is 1. The highest BCUT2D eigenvalue weighted by atomic mass is 16.3. The van der Waals surface area contributed by atoms with Crippen molar-refractivity contribution in [3.05, 3.63) is 0 Å². The Labute approximate surface area is 59.3 Å². The Kier molecular flexibility index (Phi) is 2.38. The zero-order valence-corrected chi connectivity index (χ0v) is 5.96. The van der Waals surface area contributed by atoms with Crippen molar-refractivity contribution in [2.75, 3.05) is 0 Å². The quantitative estimate of drug-likeness (QED) is 0.538. The predicted octanol–water partition coefficient (Wildman–Crippen LogP) is -0.618. The second-order valence-corrected chi connectivity index (χ2v) is 2.64. The molecule has 1 amide bonds. The van der Waals surface area contributed by atoms with Crippen molar-refractivity contribution in [1.29, 1.82) is 5.26 Å². The summed E-state index contributed by atoms with van der Waals surface area (Å²) < 4.78 is 0. The van der Waals surface area contributed by atoms with E-state index in [1.54, 1.807) is 6.07 Å². The van der Waals surface area contributed by atoms with Crippen molar-refractivity contribution in [2.24, 2.45) is 11.1 Å². The molecule has 0 aliphatic carbocycles. The summed E-state index contributed by atoms with van der Waals surface area (Å²) in [7, 11) is 0. The number of amides is 1. The first-order valence-electron chi connectivity index (χ1n) is 2.80. The number of rotatable bonds is 2. The first-order valence-corrected chi connectivity index (χ1v) is 2.80. The molecule has 56 valence electrons. The number of aliphatic hydroxyl groups is 1. The van der Waals surface area contributed by atoms with E-state index in [4.69, 9.17) is 16.1 Å². The van der Waals surface area contributed by atoms with Gasteiger partial charge in [-0.3, -0.25) is 4.79 Å². The van der Waals surface area contributed by atoms with Crippen LogP contribution < -0.4 is 5.73 Å². The van der Waals surface area contributed by atoms with Crippen LogP contribution in [0.2, 0.25) is 0 Å². The van der Waals surface area contributed by atoms with E-state index in [-0.39, 0.29) is 0 Å². The van der Waals surface area contributed by atoms with Gasteiger partial charge in [0.1, 0.15) is 0 Å². The SMILES string of the molecule is CC(C)(C#N)[C@@H](O)C(N)=O. The molecule has 10 heavy (non-hydrogen) atoms. The number of carbonyl (C=O) groups excluding carboxylic acids is 1. The van der Waals surface area contributed by atoms with Crippen molar-refractivity contribution in [3.63, 3.8) is 0 Å². The van der Waals surface area contributed by atoms with Crippen LogP contribution in [0.4, 0.5) is 0 Å². The average molecular weight is 142 g/mol. The van der Waals surface area contributed by atoms with Gasteiger partial charge in [-0.25, -0.2) is 0 Å². The monoisotopic (exact) mass is 142 g/mol. The van der Waals surface area contributed by atoms with Crippen molar-refractivity contribution >= 4 is 5.91 Å². The smallest absolute Gasteiger partial charge is 0.247 e. The summed E-state index contributed by atoms with van der Waals surface area (Å²) in [6.07, 6.45) is -1.39. The van der Waals surface area contributed by atoms with Gasteiger partial charge in [0, 0.05) is 0 Å². The van der Waals surface area contributed by atoms with Crippen molar-refractivity contribution in [3.8, 4) is 6.07 Å². The Hall–Kier alpha value is -1.08. The first kappa shape index (κ1) is 8.92. The average Bonchev–Trinajstić information content (AvgIpc) is 1.86. The van der Waals surface area contributed by atoms with Crippen molar-refractivity contribution in [1.82, 2.24) is 0 Å². The maximum Gasteiger partial charge on any atom is 0.247 e. The number of carbonyl (C=O) groups is 1. The number of nitrogens with two attached hydrogens (primary N) is 1. The molecular formula is C6H10N2O2. The van der Waals surface area contributed by atoms with Crippen molar-refractivity contribution in [2.45, 2.75) is 20.0 Å². The fourth-order valence-electron chi connectivity index (χ4n) is 0.417. The first-order chi connectivity index (χ1) is 4.41. The second-order valence-electron chi connectivity index (χ2n) is 2.64. The number of hydrogen-bond donors (Lipinski definition) is 2. The molecule has 0 radical (unpaired) electrons. The van der Waals surface area contributed by atoms with Crippen LogP contribution in [0.3, 0.4) is 0 Å². The predicted molar refractivity (Wildman–Crippen MR) is 34.6 cm³/mol. The molecule has 0 aromatic carbocycles. The molecule has 0 aliphatic rings. The van der Waals surface area contributed by atoms with Gasteiger partial charge in [0.25, 0.3) is 0 Å². The Morgan fingerprint density at radius 2 is 2.20 bits per heavy atom. The minimum Gasteiger partial charge on any atom is -0.382 e. The zero-order chi connectivity index (χ0) is 8.36. The lowest BCUT2D eigenvalue weighted by molar-refractivity contribution is -0.129. The zero-order valence-electron chi connectivity index (χ0n) is 5.96. The molecule has 4 heteroatoms. The summed E-state index contributed by atoms with van der Waals surface area (Å²) in [6.45, 7) is 2.89. The number of aliphatic hydroxyl groups excluding tert-OH is 1. The Bertz CT molecular complexity index is 181. The van der Waals surface area contributed by atoms with E-state index in [9.17, 15) is 4.79 Å². The fraction of sp³-hybridized carbons (Fsp3) is 0.667. The van der Waals surface area contributed by atoms with Gasteiger partial charge < -0.3 is 10.8 Å². The highest BCUT2D eigenvalue weighted by molar-refractivity contribution is 5.79. The van der Waals surface area contributed by atoms with Gasteiger partial charge in [-0.2, -0.15) is 5.26 Å². The molecule has 0 aromatic heterocycles. The number of nitriles is 1. The summed E-state index contributed by atoms with van der Waals surface area (Å²) in [5.74, 6) is -0.869. The van der Waals surface area contributed by atoms with Crippen LogP contribution in [0.15, 0.2) is 0 Å². The lowest BCUT2D eigenvalue weighted by Gasteiger charge is -2.18. The summed E-state index contributed by atoms with van der Waals surface area (Å²) in [5, 5.41) is 17.4. The van der Waals surface area contributed by atoms with Gasteiger partial charge in [0.2, 0.25) is 5.91 Å². The normalized spacial score (nSPS) is 13.8. The van der Waals surface area contributed by atoms with Crippen LogP contribution in [-0.2, 0) is 4.79 Å². The van der Waals surface area contributed by atoms with E-state index in [0.29, 0.717) is 0 Å². The van der Waals surface area contributed by atoms with E-state index >= 15 is 0 Å². The van der Waals surface area contributed by atoms with E-state index in [0.717, 1.165) is 0 Å². The van der Waals surface area contributed by atoms with E-state index in [1.165, 1.54) is 13.8 Å². The standard InChI is InChI=1S/C6H10N2O2/c1-6(2,3-7)4(9)5(8)10/h4,9H,1-2H3,(H2,8,10)/t4-/m0/s1. The van der Waals surface area contributed by atoms with Crippen LogP contribution in [0.25, 0.3) is 0 Å². The van der Waals surface area contributed by atoms with Gasteiger partial charge in [-0.1, -0.05) is 0 Å². The molecule has 3 N–H and O–H groups in total. The van der Waals surface area contributed by atoms with Gasteiger partial charge >= 0.3 is 0 Å². The van der Waals surface area contributed by atoms with Gasteiger partial charge in [-0.05, 0) is 13.8 Å². The van der Waals surface area contributed by atoms with Crippen LogP contribution in [0.1, 0.15) is 13.8 Å². The summed E-state index contributed by atoms with van der Waals surface area (Å²) >= 11 is 0. The van der Waals surface area contributed by atoms with Gasteiger partial charge in [0.15, 0.2) is 6.10 Å². The summed E-state index contributed by atoms with van der Waals surface area (Å²) in [6, 6.07) is 1.77. The minimum atomic E-state index is -1.39. The highest BCUT2D eigenvalue weighted by Crippen LogP contribution is 2.18. The maximum absolute atomic E-state index is 10.3. The van der Waals surface area contributed by atoms with E-state index < -0.39 is 17.4 Å². The molecule has 0 unspecified atom stereocenters. The molecule has 0 spiro atoms. The number of primary amides is 1. The van der Waals surface area contributed by atoms with Gasteiger partial charge in [-0.15, -0.1) is 0 Å². The third kappa shape index (κ3) is 1.71. The summed E-state index contributed by atoms with van der Waals surface area (Å²) in [4.78, 5) is 10.3. The molecule has 1 atom stereocenters. The highest BCUT2D eigenvalue weighted by Gasteiger charge is 2.31. The molecule has 0 bridgehead atoms. The van der Waals surface area contributed by atoms with Crippen LogP contribution in [-0.4, -0.2) is 17.1 Å². The molecule has 0 aliphatic heterocycles. The molecule has 0 fully saturated rings. The number of hydrogen-bond acceptors (Lipinski definition) is 3. The van der Waals surface area contributed by atoms with Crippen LogP contribution in [0.5, 0.6) is 0 Å². The molecular weight excluding hydrogens is 132 g/mol. The van der Waals surface area contributed by atoms with E-state index in [1.807, 2.05) is 0 Å². The minimum absolute atomic E-state index is 0.869. The molecule has 0 saturated heterocycles. The lowest BCUT2D eigenvalue weighted by atomic mass is 9.88. The van der Waals surface area contributed by atoms with Crippen LogP contribution >= 0.6 is 0 Å². The largest absolute Gasteiger partial charge is 0.382 e. The Balaban J connectivity index is 4.37. The fourth-order valence-corrected chi connectivity index (χ4v) is 0.417. The molecule has 0 heterocycles. The third-order valence-electron chi connectivity index (χ3n) is 1.24. The molecule has 0 aromatic rings. The van der Waals surface area contributed by atoms with Crippen molar-refractivity contribution < 1.29 is 9.90 Å². The molecule has 0 rings (SSSR count). The summed E-state index contributed by atoms with van der Waals surface area (Å²) in [5.41, 5.74) is 3.67. The second kappa shape index (κ2) is 2.67. The molecule has 0 saturated carbocycles. The lowest BCUT2D eigenvalue weighted by Crippen LogP contribution is -2.39. The molecule has 4 nitrogen and oxygen atoms in total. The third-order valence-corrected chi connectivity index (χ3v) is 1.24. The Morgan fingerprint density at radius 1 is 1.80 bits per heavy atom. The Morgan fingerprint density at radius 3 is 2.30 bits per heavy atom. The topological polar surface area (TPSA) is 87.1 Å². The van der Waals surface area contributed by atoms with E-state index in [2.05, 4.69) is 0 Å². The van der Waals surface area contributed by atoms with Crippen LogP contribution in [0, 0.1) is 16.7 Å². The van der Waals surface area contributed by atoms with Gasteiger partial charge in [0.05, 0.1) is 11.5 Å².